The molecule has 0 amide bonds. The summed E-state index contributed by atoms with van der Waals surface area (Å²) >= 11 is 0. The van der Waals surface area contributed by atoms with Crippen molar-refractivity contribution in [1.29, 1.82) is 0 Å². The maximum atomic E-state index is 11.3. The van der Waals surface area contributed by atoms with E-state index in [4.69, 9.17) is 0 Å². The van der Waals surface area contributed by atoms with E-state index in [0.717, 1.165) is 17.5 Å². The normalized spacial score (nSPS) is 12.6. The van der Waals surface area contributed by atoms with E-state index >= 15 is 0 Å². The third-order valence-electron chi connectivity index (χ3n) is 3.31. The third-order valence-corrected chi connectivity index (χ3v) is 3.31. The fourth-order valence-electron chi connectivity index (χ4n) is 2.01. The van der Waals surface area contributed by atoms with Gasteiger partial charge in [-0.05, 0) is 29.4 Å². The number of benzene rings is 1. The lowest BCUT2D eigenvalue weighted by Crippen LogP contribution is -2.37. The van der Waals surface area contributed by atoms with E-state index in [0.29, 0.717) is 13.0 Å². The Labute approximate surface area is 133 Å². The standard InChI is InChI=1S/C16H25NO3.ClH/c1-16(2,3)9-8-14(15(19)20)17-10-12-6-4-5-7-13(12)11-18;/h4-7,14,17-18H,8-11H2,1-3H3,(H,19,20);1H. The minimum absolute atomic E-state index is 0. The molecule has 3 N–H and O–H groups in total. The Kier molecular flexibility index (Phi) is 8.55. The smallest absolute Gasteiger partial charge is 0.320 e. The first-order valence-corrected chi connectivity index (χ1v) is 6.97. The predicted octanol–water partition coefficient (Wildman–Crippen LogP) is 2.97. The summed E-state index contributed by atoms with van der Waals surface area (Å²) in [5, 5.41) is 21.6. The summed E-state index contributed by atoms with van der Waals surface area (Å²) in [6.07, 6.45) is 1.44. The Bertz CT molecular complexity index is 443. The number of aliphatic carboxylic acids is 1. The van der Waals surface area contributed by atoms with Gasteiger partial charge in [0.15, 0.2) is 0 Å². The molecule has 0 aliphatic rings. The van der Waals surface area contributed by atoms with E-state index in [9.17, 15) is 15.0 Å². The van der Waals surface area contributed by atoms with Gasteiger partial charge in [0, 0.05) is 6.54 Å². The van der Waals surface area contributed by atoms with E-state index in [1.807, 2.05) is 24.3 Å². The van der Waals surface area contributed by atoms with Crippen molar-refractivity contribution in [1.82, 2.24) is 5.32 Å². The van der Waals surface area contributed by atoms with Crippen LogP contribution in [0.2, 0.25) is 0 Å². The molecule has 0 aromatic heterocycles. The second-order valence-corrected chi connectivity index (χ2v) is 6.30. The molecule has 1 rings (SSSR count). The zero-order chi connectivity index (χ0) is 15.2. The highest BCUT2D eigenvalue weighted by molar-refractivity contribution is 5.85. The highest BCUT2D eigenvalue weighted by Crippen LogP contribution is 2.22. The summed E-state index contributed by atoms with van der Waals surface area (Å²) in [7, 11) is 0. The second-order valence-electron chi connectivity index (χ2n) is 6.30. The molecule has 4 nitrogen and oxygen atoms in total. The van der Waals surface area contributed by atoms with Crippen molar-refractivity contribution in [2.24, 2.45) is 5.41 Å². The Morgan fingerprint density at radius 2 is 1.81 bits per heavy atom. The molecule has 0 saturated heterocycles. The maximum absolute atomic E-state index is 11.3. The van der Waals surface area contributed by atoms with E-state index in [1.54, 1.807) is 0 Å². The summed E-state index contributed by atoms with van der Waals surface area (Å²) in [6.45, 7) is 6.74. The molecule has 1 unspecified atom stereocenters. The van der Waals surface area contributed by atoms with Crippen LogP contribution in [0, 0.1) is 5.41 Å². The van der Waals surface area contributed by atoms with Crippen LogP contribution in [0.5, 0.6) is 0 Å². The summed E-state index contributed by atoms with van der Waals surface area (Å²) in [6, 6.07) is 6.95. The number of rotatable bonds is 7. The first-order valence-electron chi connectivity index (χ1n) is 6.97. The fraction of sp³-hybridized carbons (Fsp3) is 0.562. The van der Waals surface area contributed by atoms with Gasteiger partial charge in [-0.1, -0.05) is 45.0 Å². The maximum Gasteiger partial charge on any atom is 0.320 e. The quantitative estimate of drug-likeness (QED) is 0.723. The van der Waals surface area contributed by atoms with E-state index in [1.165, 1.54) is 0 Å². The monoisotopic (exact) mass is 315 g/mol. The van der Waals surface area contributed by atoms with Crippen LogP contribution in [-0.4, -0.2) is 22.2 Å². The van der Waals surface area contributed by atoms with Crippen molar-refractivity contribution < 1.29 is 15.0 Å². The molecule has 120 valence electrons. The largest absolute Gasteiger partial charge is 0.480 e. The van der Waals surface area contributed by atoms with Crippen LogP contribution in [-0.2, 0) is 17.9 Å². The summed E-state index contributed by atoms with van der Waals surface area (Å²) < 4.78 is 0. The van der Waals surface area contributed by atoms with Crippen molar-refractivity contribution in [3.8, 4) is 0 Å². The van der Waals surface area contributed by atoms with Crippen LogP contribution < -0.4 is 5.32 Å². The number of nitrogens with one attached hydrogen (secondary N) is 1. The van der Waals surface area contributed by atoms with Crippen LogP contribution in [0.1, 0.15) is 44.7 Å². The molecule has 21 heavy (non-hydrogen) atoms. The van der Waals surface area contributed by atoms with Crippen LogP contribution in [0.3, 0.4) is 0 Å². The highest BCUT2D eigenvalue weighted by atomic mass is 35.5. The molecule has 0 radical (unpaired) electrons. The number of carbonyl (C=O) groups is 1. The molecule has 1 aromatic carbocycles. The first kappa shape index (κ1) is 19.9. The van der Waals surface area contributed by atoms with Crippen LogP contribution in [0.25, 0.3) is 0 Å². The molecular weight excluding hydrogens is 290 g/mol. The van der Waals surface area contributed by atoms with E-state index < -0.39 is 12.0 Å². The minimum atomic E-state index is -0.823. The van der Waals surface area contributed by atoms with Gasteiger partial charge in [-0.3, -0.25) is 4.79 Å². The van der Waals surface area contributed by atoms with Gasteiger partial charge in [-0.25, -0.2) is 0 Å². The molecular formula is C16H26ClNO3. The zero-order valence-electron chi connectivity index (χ0n) is 12.9. The molecule has 0 bridgehead atoms. The molecule has 0 spiro atoms. The molecule has 0 heterocycles. The van der Waals surface area contributed by atoms with Gasteiger partial charge in [0.05, 0.1) is 6.61 Å². The number of halogens is 1. The Morgan fingerprint density at radius 1 is 1.24 bits per heavy atom. The van der Waals surface area contributed by atoms with Gasteiger partial charge in [-0.2, -0.15) is 0 Å². The average molecular weight is 316 g/mol. The Hall–Kier alpha value is -1.10. The first-order chi connectivity index (χ1) is 9.33. The number of carboxylic acids is 1. The Balaban J connectivity index is 0.00000400. The van der Waals surface area contributed by atoms with Gasteiger partial charge < -0.3 is 15.5 Å². The lowest BCUT2D eigenvalue weighted by molar-refractivity contribution is -0.139. The third kappa shape index (κ3) is 7.46. The molecule has 0 saturated carbocycles. The summed E-state index contributed by atoms with van der Waals surface area (Å²) in [4.78, 5) is 11.3. The van der Waals surface area contributed by atoms with Crippen LogP contribution in [0.15, 0.2) is 24.3 Å². The summed E-state index contributed by atoms with van der Waals surface area (Å²) in [5.41, 5.74) is 1.90. The lowest BCUT2D eigenvalue weighted by atomic mass is 9.88. The molecule has 0 fully saturated rings. The van der Waals surface area contributed by atoms with Crippen molar-refractivity contribution in [3.05, 3.63) is 35.4 Å². The number of carboxylic acid groups (broad SMARTS) is 1. The number of hydrogen-bond donors (Lipinski definition) is 3. The van der Waals surface area contributed by atoms with E-state index in [-0.39, 0.29) is 24.4 Å². The predicted molar refractivity (Wildman–Crippen MR) is 86.6 cm³/mol. The molecule has 5 heteroatoms. The van der Waals surface area contributed by atoms with Crippen LogP contribution in [0.4, 0.5) is 0 Å². The topological polar surface area (TPSA) is 69.6 Å². The average Bonchev–Trinajstić information content (AvgIpc) is 2.37. The summed E-state index contributed by atoms with van der Waals surface area (Å²) in [5.74, 6) is -0.823. The van der Waals surface area contributed by atoms with Crippen molar-refractivity contribution in [3.63, 3.8) is 0 Å². The molecule has 0 aliphatic carbocycles. The molecule has 1 aromatic rings. The van der Waals surface area contributed by atoms with Gasteiger partial charge >= 0.3 is 5.97 Å². The van der Waals surface area contributed by atoms with Gasteiger partial charge in [-0.15, -0.1) is 12.4 Å². The minimum Gasteiger partial charge on any atom is -0.480 e. The van der Waals surface area contributed by atoms with Gasteiger partial charge in [0.2, 0.25) is 0 Å². The molecule has 0 aliphatic heterocycles. The van der Waals surface area contributed by atoms with Crippen LogP contribution >= 0.6 is 12.4 Å². The van der Waals surface area contributed by atoms with Gasteiger partial charge in [0.25, 0.3) is 0 Å². The molecule has 1 atom stereocenters. The van der Waals surface area contributed by atoms with E-state index in [2.05, 4.69) is 26.1 Å². The van der Waals surface area contributed by atoms with Gasteiger partial charge in [0.1, 0.15) is 6.04 Å². The van der Waals surface area contributed by atoms with Crippen molar-refractivity contribution >= 4 is 18.4 Å². The lowest BCUT2D eigenvalue weighted by Gasteiger charge is -2.22. The van der Waals surface area contributed by atoms with Crippen molar-refractivity contribution in [2.45, 2.75) is 52.8 Å². The van der Waals surface area contributed by atoms with Crippen molar-refractivity contribution in [2.75, 3.05) is 0 Å². The second kappa shape index (κ2) is 9.03. The number of hydrogen-bond acceptors (Lipinski definition) is 3. The SMILES string of the molecule is CC(C)(C)CCC(NCc1ccccc1CO)C(=O)O.Cl. The zero-order valence-corrected chi connectivity index (χ0v) is 13.7. The number of aliphatic hydroxyl groups excluding tert-OH is 1. The Morgan fingerprint density at radius 3 is 2.29 bits per heavy atom. The number of aliphatic hydroxyl groups is 1. The fourth-order valence-corrected chi connectivity index (χ4v) is 2.01. The highest BCUT2D eigenvalue weighted by Gasteiger charge is 2.20.